The van der Waals surface area contributed by atoms with E-state index in [-0.39, 0.29) is 11.0 Å². The Bertz CT molecular complexity index is 741. The standard InChI is InChI=1S/C20H27FNOP/c1-13-9-14(2)19(23)17(10-13)20(3,4)24-18-8-7-16(21)11-15(18)12-22(5)6/h7-11,23-24H,12H2,1-6H3. The molecule has 0 amide bonds. The van der Waals surface area contributed by atoms with E-state index in [0.29, 0.717) is 20.9 Å². The molecule has 1 N–H and O–H groups in total. The topological polar surface area (TPSA) is 23.5 Å². The van der Waals surface area contributed by atoms with Crippen LogP contribution in [0.5, 0.6) is 5.75 Å². The summed E-state index contributed by atoms with van der Waals surface area (Å²) in [6, 6.07) is 9.09. The van der Waals surface area contributed by atoms with Crippen molar-refractivity contribution in [3.63, 3.8) is 0 Å². The Hall–Kier alpha value is -1.44. The molecular weight excluding hydrogens is 320 g/mol. The van der Waals surface area contributed by atoms with Crippen LogP contribution in [0.2, 0.25) is 0 Å². The second-order valence-corrected chi connectivity index (χ2v) is 9.31. The van der Waals surface area contributed by atoms with E-state index >= 15 is 0 Å². The number of hydrogen-bond acceptors (Lipinski definition) is 2. The fourth-order valence-corrected chi connectivity index (χ4v) is 4.47. The van der Waals surface area contributed by atoms with Gasteiger partial charge in [0.25, 0.3) is 0 Å². The van der Waals surface area contributed by atoms with Crippen molar-refractivity contribution in [1.29, 1.82) is 0 Å². The molecule has 0 aromatic heterocycles. The van der Waals surface area contributed by atoms with Gasteiger partial charge in [0, 0.05) is 17.3 Å². The van der Waals surface area contributed by atoms with Crippen LogP contribution < -0.4 is 5.30 Å². The van der Waals surface area contributed by atoms with Crippen LogP contribution >= 0.6 is 8.58 Å². The van der Waals surface area contributed by atoms with Gasteiger partial charge in [-0.15, -0.1) is 0 Å². The molecule has 1 unspecified atom stereocenters. The molecule has 0 aliphatic rings. The van der Waals surface area contributed by atoms with Crippen LogP contribution in [0.25, 0.3) is 0 Å². The van der Waals surface area contributed by atoms with Gasteiger partial charge in [0.15, 0.2) is 0 Å². The quantitative estimate of drug-likeness (QED) is 0.808. The van der Waals surface area contributed by atoms with E-state index in [2.05, 4.69) is 19.9 Å². The van der Waals surface area contributed by atoms with Crippen LogP contribution in [0.1, 0.15) is 36.1 Å². The van der Waals surface area contributed by atoms with Crippen molar-refractivity contribution in [3.8, 4) is 5.75 Å². The molecule has 0 fully saturated rings. The molecule has 2 aromatic carbocycles. The molecule has 2 nitrogen and oxygen atoms in total. The molecule has 24 heavy (non-hydrogen) atoms. The molecule has 1 atom stereocenters. The third-order valence-corrected chi connectivity index (χ3v) is 5.77. The van der Waals surface area contributed by atoms with Crippen molar-refractivity contribution in [2.75, 3.05) is 14.1 Å². The van der Waals surface area contributed by atoms with E-state index in [0.717, 1.165) is 27.6 Å². The van der Waals surface area contributed by atoms with Gasteiger partial charge in [-0.2, -0.15) is 0 Å². The highest BCUT2D eigenvalue weighted by Crippen LogP contribution is 2.45. The third-order valence-electron chi connectivity index (χ3n) is 4.12. The highest BCUT2D eigenvalue weighted by Gasteiger charge is 2.26. The highest BCUT2D eigenvalue weighted by molar-refractivity contribution is 7.48. The molecule has 0 radical (unpaired) electrons. The summed E-state index contributed by atoms with van der Waals surface area (Å²) in [5, 5.41) is 11.5. The molecule has 130 valence electrons. The summed E-state index contributed by atoms with van der Waals surface area (Å²) < 4.78 is 13.7. The Labute approximate surface area is 146 Å². The Kier molecular flexibility index (Phi) is 5.67. The second-order valence-electron chi connectivity index (χ2n) is 7.27. The number of phenolic OH excluding ortho intramolecular Hbond substituents is 1. The first-order valence-corrected chi connectivity index (χ1v) is 9.12. The summed E-state index contributed by atoms with van der Waals surface area (Å²) in [7, 11) is 4.41. The minimum atomic E-state index is -0.222. The number of phenols is 1. The van der Waals surface area contributed by atoms with E-state index in [9.17, 15) is 9.50 Å². The molecule has 4 heteroatoms. The van der Waals surface area contributed by atoms with Crippen molar-refractivity contribution < 1.29 is 9.50 Å². The van der Waals surface area contributed by atoms with Crippen LogP contribution in [0.3, 0.4) is 0 Å². The molecule has 0 heterocycles. The second kappa shape index (κ2) is 7.21. The van der Waals surface area contributed by atoms with Crippen LogP contribution in [0.15, 0.2) is 30.3 Å². The molecule has 0 aliphatic heterocycles. The van der Waals surface area contributed by atoms with Gasteiger partial charge >= 0.3 is 0 Å². The lowest BCUT2D eigenvalue weighted by Crippen LogP contribution is -2.21. The van der Waals surface area contributed by atoms with Gasteiger partial charge in [-0.3, -0.25) is 0 Å². The first kappa shape index (κ1) is 18.9. The molecule has 0 bridgehead atoms. The maximum atomic E-state index is 13.7. The zero-order valence-corrected chi connectivity index (χ0v) is 16.4. The van der Waals surface area contributed by atoms with E-state index in [4.69, 9.17) is 0 Å². The van der Waals surface area contributed by atoms with Crippen LogP contribution in [-0.2, 0) is 11.7 Å². The maximum Gasteiger partial charge on any atom is 0.123 e. The molecule has 2 aromatic rings. The Morgan fingerprint density at radius 2 is 1.79 bits per heavy atom. The molecule has 0 aliphatic carbocycles. The summed E-state index contributed by atoms with van der Waals surface area (Å²) in [4.78, 5) is 2.05. The summed E-state index contributed by atoms with van der Waals surface area (Å²) >= 11 is 0. The molecule has 0 saturated carbocycles. The van der Waals surface area contributed by atoms with Gasteiger partial charge in [0.1, 0.15) is 11.6 Å². The average molecular weight is 347 g/mol. The van der Waals surface area contributed by atoms with E-state index in [1.54, 1.807) is 6.07 Å². The summed E-state index contributed by atoms with van der Waals surface area (Å²) in [6.07, 6.45) is 0. The van der Waals surface area contributed by atoms with Crippen LogP contribution in [0, 0.1) is 19.7 Å². The zero-order valence-electron chi connectivity index (χ0n) is 15.4. The van der Waals surface area contributed by atoms with Gasteiger partial charge < -0.3 is 10.0 Å². The monoisotopic (exact) mass is 347 g/mol. The maximum absolute atomic E-state index is 13.7. The van der Waals surface area contributed by atoms with Crippen LogP contribution in [-0.4, -0.2) is 24.1 Å². The van der Waals surface area contributed by atoms with E-state index in [1.165, 1.54) is 6.07 Å². The van der Waals surface area contributed by atoms with Gasteiger partial charge in [0.2, 0.25) is 0 Å². The van der Waals surface area contributed by atoms with Crippen molar-refractivity contribution in [1.82, 2.24) is 4.90 Å². The number of benzene rings is 2. The normalized spacial score (nSPS) is 12.5. The Balaban J connectivity index is 2.43. The number of nitrogens with zero attached hydrogens (tertiary/aromatic N) is 1. The third kappa shape index (κ3) is 4.34. The average Bonchev–Trinajstić information content (AvgIpc) is 2.45. The number of halogens is 1. The minimum Gasteiger partial charge on any atom is -0.507 e. The van der Waals surface area contributed by atoms with Gasteiger partial charge in [-0.1, -0.05) is 46.2 Å². The lowest BCUT2D eigenvalue weighted by molar-refractivity contribution is 0.402. The Morgan fingerprint density at radius 1 is 1.12 bits per heavy atom. The van der Waals surface area contributed by atoms with E-state index < -0.39 is 0 Å². The van der Waals surface area contributed by atoms with Crippen molar-refractivity contribution in [3.05, 3.63) is 58.4 Å². The lowest BCUT2D eigenvalue weighted by Gasteiger charge is -2.29. The number of aromatic hydroxyl groups is 1. The molecule has 2 rings (SSSR count). The van der Waals surface area contributed by atoms with E-state index in [1.807, 2.05) is 45.0 Å². The summed E-state index contributed by atoms with van der Waals surface area (Å²) in [5.74, 6) is 0.168. The smallest absolute Gasteiger partial charge is 0.123 e. The number of aryl methyl sites for hydroxylation is 2. The van der Waals surface area contributed by atoms with Gasteiger partial charge in [0.05, 0.1) is 0 Å². The Morgan fingerprint density at radius 3 is 2.42 bits per heavy atom. The molecule has 0 saturated heterocycles. The molecular formula is C20H27FNOP. The highest BCUT2D eigenvalue weighted by atomic mass is 31.1. The predicted molar refractivity (Wildman–Crippen MR) is 102 cm³/mol. The lowest BCUT2D eigenvalue weighted by atomic mass is 9.96. The first-order chi connectivity index (χ1) is 11.1. The van der Waals surface area contributed by atoms with Crippen molar-refractivity contribution >= 4 is 13.9 Å². The van der Waals surface area contributed by atoms with Gasteiger partial charge in [-0.05, 0) is 56.5 Å². The summed E-state index contributed by atoms with van der Waals surface area (Å²) in [6.45, 7) is 8.96. The van der Waals surface area contributed by atoms with Crippen molar-refractivity contribution in [2.24, 2.45) is 0 Å². The first-order valence-electron chi connectivity index (χ1n) is 8.12. The summed E-state index contributed by atoms with van der Waals surface area (Å²) in [5.41, 5.74) is 4.01. The largest absolute Gasteiger partial charge is 0.507 e. The minimum absolute atomic E-state index is 0.201. The van der Waals surface area contributed by atoms with Crippen molar-refractivity contribution in [2.45, 2.75) is 39.4 Å². The fourth-order valence-electron chi connectivity index (χ4n) is 3.00. The predicted octanol–water partition coefficient (Wildman–Crippen LogP) is 4.45. The van der Waals surface area contributed by atoms with Crippen LogP contribution in [0.4, 0.5) is 4.39 Å². The number of hydrogen-bond donors (Lipinski definition) is 1. The molecule has 0 spiro atoms. The SMILES string of the molecule is Cc1cc(C)c(O)c(C(C)(C)Pc2ccc(F)cc2CN(C)C)c1. The number of rotatable bonds is 5. The van der Waals surface area contributed by atoms with Gasteiger partial charge in [-0.25, -0.2) is 4.39 Å². The fraction of sp³-hybridized carbons (Fsp3) is 0.400. The zero-order chi connectivity index (χ0) is 18.1.